The molecule has 0 saturated carbocycles. The van der Waals surface area contributed by atoms with E-state index >= 15 is 0 Å². The maximum absolute atomic E-state index is 13.3. The van der Waals surface area contributed by atoms with Crippen molar-refractivity contribution in [2.45, 2.75) is 136 Å². The Hall–Kier alpha value is -1.59. The summed E-state index contributed by atoms with van der Waals surface area (Å²) in [6.45, 7) is 0. The Morgan fingerprint density at radius 3 is 1.02 bits per heavy atom. The molecule has 314 valence electrons. The minimum absolute atomic E-state index is 0. The van der Waals surface area contributed by atoms with Crippen molar-refractivity contribution in [1.82, 2.24) is 12.3 Å². The molecule has 0 aliphatic rings. The molecule has 29 heteroatoms. The zero-order chi connectivity index (χ0) is 39.8. The quantitative estimate of drug-likeness (QED) is 0.0531. The lowest BCUT2D eigenvalue weighted by atomic mass is 10.0. The van der Waals surface area contributed by atoms with Crippen LogP contribution in [0.5, 0.6) is 0 Å². The van der Waals surface area contributed by atoms with Gasteiger partial charge >= 0.3 is 66.8 Å². The van der Waals surface area contributed by atoms with E-state index in [1.54, 1.807) is 0 Å². The Morgan fingerprint density at radius 1 is 0.431 bits per heavy atom. The number of alkyl halides is 19. The average molecular weight is 849 g/mol. The van der Waals surface area contributed by atoms with Crippen molar-refractivity contribution in [3.63, 3.8) is 0 Å². The summed E-state index contributed by atoms with van der Waals surface area (Å²) in [7, 11) is -13.7. The van der Waals surface area contributed by atoms with E-state index in [9.17, 15) is 100 Å². The lowest BCUT2D eigenvalue weighted by Gasteiger charge is -2.32. The largest absolute Gasteiger partial charge is 0.438 e. The lowest BCUT2D eigenvalue weighted by molar-refractivity contribution is -0.300. The first-order chi connectivity index (χ1) is 21.3. The molecule has 1 unspecified atom stereocenters. The molecule has 0 aromatic heterocycles. The zero-order valence-corrected chi connectivity index (χ0v) is 27.3. The van der Waals surface area contributed by atoms with E-state index in [1.165, 1.54) is 0 Å². The molecule has 0 rings (SSSR count). The van der Waals surface area contributed by atoms with Gasteiger partial charge in [-0.25, -0.2) is 4.39 Å². The highest BCUT2D eigenvalue weighted by Crippen LogP contribution is 2.52. The summed E-state index contributed by atoms with van der Waals surface area (Å²) in [6, 6.07) is 0. The minimum atomic E-state index is -6.96. The van der Waals surface area contributed by atoms with Gasteiger partial charge in [0.05, 0.1) is 0 Å². The van der Waals surface area contributed by atoms with Gasteiger partial charge in [-0.15, -0.1) is 0 Å². The molecule has 0 heterocycles. The molecule has 0 aromatic carbocycles. The summed E-state index contributed by atoms with van der Waals surface area (Å²) in [4.78, 5) is 0. The monoisotopic (exact) mass is 848 g/mol. The van der Waals surface area contributed by atoms with E-state index in [0.29, 0.717) is 0 Å². The maximum atomic E-state index is 13.3. The molecule has 0 aromatic rings. The van der Waals surface area contributed by atoms with Gasteiger partial charge in [-0.3, -0.25) is 9.11 Å². The van der Waals surface area contributed by atoms with Crippen molar-refractivity contribution in [2.24, 2.45) is 0 Å². The predicted octanol–water partition coefficient (Wildman–Crippen LogP) is 10.3. The smallest absolute Gasteiger partial charge is 0.344 e. The van der Waals surface area contributed by atoms with Crippen LogP contribution in [0.15, 0.2) is 0 Å². The van der Waals surface area contributed by atoms with E-state index < -0.39 is 118 Å². The molecule has 0 saturated heterocycles. The second kappa shape index (κ2) is 19.7. The highest BCUT2D eigenvalue weighted by molar-refractivity contribution is 7.87. The first-order valence-electron chi connectivity index (χ1n) is 13.3. The number of hydrogen-bond acceptors (Lipinski definition) is 6. The zero-order valence-electron chi connectivity index (χ0n) is 25.7. The topological polar surface area (TPSA) is 179 Å². The summed E-state index contributed by atoms with van der Waals surface area (Å²) >= 11 is 0. The molecule has 0 spiro atoms. The third-order valence-corrected chi connectivity index (χ3v) is 8.08. The fourth-order valence-electron chi connectivity index (χ4n) is 3.47. The molecule has 1 atom stereocenters. The van der Waals surface area contributed by atoms with Gasteiger partial charge in [0.1, 0.15) is 0 Å². The minimum Gasteiger partial charge on any atom is -0.344 e. The van der Waals surface area contributed by atoms with Gasteiger partial charge in [-0.05, 0) is 25.7 Å². The van der Waals surface area contributed by atoms with Crippen LogP contribution in [0.2, 0.25) is 0 Å². The summed E-state index contributed by atoms with van der Waals surface area (Å²) in [6.07, 6.45) is -21.1. The standard InChI is InChI=1S/C11H14F10O3S.C11H15F9O3S.2H3N/c12-7(5-3-1-2-4-6-8(13,14)15)9(16,17)10(18,19)11(20,21)25(22,23)24;12-8(13,10(17,18)11(19,20)24(21,22)23)6-4-2-1-3-5-7-9(14,15)16;;/h7H,1-6H2,(H,22,23,24);1-7H2,(H,21,22,23);2*1H3. The number of hydrogen-bond donors (Lipinski definition) is 4. The van der Waals surface area contributed by atoms with Crippen LogP contribution in [-0.2, 0) is 20.2 Å². The Kier molecular flexibility index (Phi) is 21.6. The summed E-state index contributed by atoms with van der Waals surface area (Å²) in [5, 5.41) is -13.0. The Morgan fingerprint density at radius 2 is 0.706 bits per heavy atom. The van der Waals surface area contributed by atoms with E-state index in [4.69, 9.17) is 9.11 Å². The normalized spacial score (nSPS) is 14.9. The second-order valence-electron chi connectivity index (χ2n) is 10.4. The first kappa shape index (κ1) is 56.2. The molecule has 0 aliphatic heterocycles. The van der Waals surface area contributed by atoms with Crippen molar-refractivity contribution in [1.29, 1.82) is 0 Å². The van der Waals surface area contributed by atoms with Crippen LogP contribution in [0.4, 0.5) is 83.4 Å². The molecular formula is C22H35F19N2O6S2. The van der Waals surface area contributed by atoms with Gasteiger partial charge < -0.3 is 12.3 Å². The highest BCUT2D eigenvalue weighted by atomic mass is 32.2. The fraction of sp³-hybridized carbons (Fsp3) is 1.00. The molecule has 0 bridgehead atoms. The van der Waals surface area contributed by atoms with Crippen molar-refractivity contribution in [3.8, 4) is 0 Å². The summed E-state index contributed by atoms with van der Waals surface area (Å²) in [5.74, 6) is -24.7. The van der Waals surface area contributed by atoms with Crippen LogP contribution in [0.3, 0.4) is 0 Å². The third kappa shape index (κ3) is 16.1. The average Bonchev–Trinajstić information content (AvgIpc) is 2.87. The summed E-state index contributed by atoms with van der Waals surface area (Å²) in [5.41, 5.74) is 0. The van der Waals surface area contributed by atoms with Crippen LogP contribution >= 0.6 is 0 Å². The first-order valence-corrected chi connectivity index (χ1v) is 16.2. The molecule has 0 radical (unpaired) electrons. The molecule has 8 nitrogen and oxygen atoms in total. The molecule has 51 heavy (non-hydrogen) atoms. The number of unbranched alkanes of at least 4 members (excludes halogenated alkanes) is 7. The van der Waals surface area contributed by atoms with Gasteiger partial charge in [0, 0.05) is 19.3 Å². The lowest BCUT2D eigenvalue weighted by Crippen LogP contribution is -2.61. The van der Waals surface area contributed by atoms with E-state index in [2.05, 4.69) is 0 Å². The van der Waals surface area contributed by atoms with Crippen molar-refractivity contribution < 1.29 is 109 Å². The molecule has 0 aliphatic carbocycles. The molecule has 0 fully saturated rings. The van der Waals surface area contributed by atoms with Gasteiger partial charge in [0.15, 0.2) is 6.17 Å². The summed E-state index contributed by atoms with van der Waals surface area (Å²) < 4.78 is 297. The van der Waals surface area contributed by atoms with Gasteiger partial charge in [-0.1, -0.05) is 38.5 Å². The maximum Gasteiger partial charge on any atom is 0.438 e. The van der Waals surface area contributed by atoms with E-state index in [0.717, 1.165) is 0 Å². The molecule has 0 amide bonds. The highest BCUT2D eigenvalue weighted by Gasteiger charge is 2.79. The second-order valence-corrected chi connectivity index (χ2v) is 13.3. The molecule has 8 N–H and O–H groups in total. The van der Waals surface area contributed by atoms with Crippen LogP contribution in [0, 0.1) is 0 Å². The fourth-order valence-corrected chi connectivity index (χ4v) is 4.40. The predicted molar refractivity (Wildman–Crippen MR) is 140 cm³/mol. The van der Waals surface area contributed by atoms with Crippen LogP contribution < -0.4 is 12.3 Å². The molecular weight excluding hydrogens is 813 g/mol. The van der Waals surface area contributed by atoms with Crippen molar-refractivity contribution >= 4 is 20.2 Å². The Balaban J connectivity index is -0.000000417. The van der Waals surface area contributed by atoms with Gasteiger partial charge in [0.2, 0.25) is 0 Å². The van der Waals surface area contributed by atoms with Crippen molar-refractivity contribution in [3.05, 3.63) is 0 Å². The third-order valence-electron chi connectivity index (χ3n) is 6.27. The van der Waals surface area contributed by atoms with Gasteiger partial charge in [0.25, 0.3) is 0 Å². The van der Waals surface area contributed by atoms with Crippen molar-refractivity contribution in [2.75, 3.05) is 0 Å². The van der Waals surface area contributed by atoms with Gasteiger partial charge in [-0.2, -0.15) is 95.9 Å². The number of rotatable bonds is 20. The van der Waals surface area contributed by atoms with E-state index in [1.807, 2.05) is 0 Å². The van der Waals surface area contributed by atoms with Crippen LogP contribution in [0.25, 0.3) is 0 Å². The number of halogens is 19. The van der Waals surface area contributed by atoms with Crippen LogP contribution in [-0.4, -0.2) is 78.7 Å². The van der Waals surface area contributed by atoms with E-state index in [-0.39, 0.29) is 50.8 Å². The SMILES string of the molecule is N.N.O=S(=O)(O)C(F)(F)C(F)(F)C(F)(F)C(F)CCCCCCC(F)(F)F.O=S(=O)(O)C(F)(F)C(F)(F)C(F)(F)CCCCCCCC(F)(F)F. The van der Waals surface area contributed by atoms with Crippen LogP contribution in [0.1, 0.15) is 83.5 Å². The Labute approximate surface area is 278 Å². The Bertz CT molecular complexity index is 1230.